The molecule has 4 rings (SSSR count). The van der Waals surface area contributed by atoms with E-state index in [1.165, 1.54) is 0 Å². The summed E-state index contributed by atoms with van der Waals surface area (Å²) in [6.07, 6.45) is 0.911. The van der Waals surface area contributed by atoms with Crippen LogP contribution in [0, 0.1) is 5.41 Å². The smallest absolute Gasteiger partial charge is 0.248 e. The maximum Gasteiger partial charge on any atom is 0.248 e. The highest BCUT2D eigenvalue weighted by atomic mass is 16.5. The number of carbonyl (C=O) groups is 2. The predicted molar refractivity (Wildman–Crippen MR) is 138 cm³/mol. The van der Waals surface area contributed by atoms with Crippen LogP contribution in [0.3, 0.4) is 0 Å². The molecule has 184 valence electrons. The van der Waals surface area contributed by atoms with Gasteiger partial charge in [-0.15, -0.1) is 0 Å². The number of imidazole rings is 1. The molecule has 0 fully saturated rings. The van der Waals surface area contributed by atoms with Crippen molar-refractivity contribution in [2.45, 2.75) is 18.9 Å². The van der Waals surface area contributed by atoms with Crippen molar-refractivity contribution < 1.29 is 14.3 Å². The Hall–Kier alpha value is -4.86. The third-order valence-corrected chi connectivity index (χ3v) is 5.66. The molecule has 10 nitrogen and oxygen atoms in total. The first kappa shape index (κ1) is 24.3. The SMILES string of the molecule is N=C(N)NCCC[C@@H](C(N)=O)n1c(-c2cccc(Oc3ccccc3)c2)nc2cc(C(N)=O)ccc21. The van der Waals surface area contributed by atoms with Crippen LogP contribution in [0.1, 0.15) is 29.2 Å². The molecule has 0 aliphatic heterocycles. The first-order chi connectivity index (χ1) is 17.3. The lowest BCUT2D eigenvalue weighted by Gasteiger charge is -2.19. The number of fused-ring (bicyclic) bond motifs is 1. The molecule has 10 heteroatoms. The topological polar surface area (TPSA) is 175 Å². The molecule has 0 spiro atoms. The summed E-state index contributed by atoms with van der Waals surface area (Å²) in [5.41, 5.74) is 18.8. The summed E-state index contributed by atoms with van der Waals surface area (Å²) in [5, 5.41) is 10.1. The lowest BCUT2D eigenvalue weighted by molar-refractivity contribution is -0.121. The third kappa shape index (κ3) is 5.44. The van der Waals surface area contributed by atoms with Crippen LogP contribution in [0.4, 0.5) is 0 Å². The maximum absolute atomic E-state index is 12.6. The number of carbonyl (C=O) groups excluding carboxylic acids is 2. The fourth-order valence-corrected chi connectivity index (χ4v) is 4.01. The number of benzene rings is 3. The molecule has 1 atom stereocenters. The standard InChI is InChI=1S/C26H27N7O3/c27-23(34)16-11-12-21-20(15-16)32-25(33(21)22(24(28)35)10-5-13-31-26(29)30)17-6-4-9-19(14-17)36-18-7-2-1-3-8-18/h1-4,6-9,11-12,14-15,22H,5,10,13H2,(H2,27,34)(H2,28,35)(H4,29,30,31)/t22-/m0/s1. The van der Waals surface area contributed by atoms with Crippen molar-refractivity contribution in [3.8, 4) is 22.9 Å². The Morgan fingerprint density at radius 2 is 1.72 bits per heavy atom. The minimum absolute atomic E-state index is 0.145. The van der Waals surface area contributed by atoms with Gasteiger partial charge in [0.2, 0.25) is 11.8 Å². The number of nitrogens with zero attached hydrogens (tertiary/aromatic N) is 2. The van der Waals surface area contributed by atoms with E-state index in [-0.39, 0.29) is 5.96 Å². The number of rotatable bonds is 10. The monoisotopic (exact) mass is 485 g/mol. The quantitative estimate of drug-likeness (QED) is 0.131. The van der Waals surface area contributed by atoms with E-state index in [0.717, 1.165) is 0 Å². The highest BCUT2D eigenvalue weighted by molar-refractivity contribution is 5.97. The van der Waals surface area contributed by atoms with Gasteiger partial charge in [0.05, 0.1) is 11.0 Å². The van der Waals surface area contributed by atoms with Crippen LogP contribution in [-0.2, 0) is 4.79 Å². The van der Waals surface area contributed by atoms with Crippen LogP contribution in [0.2, 0.25) is 0 Å². The number of nitrogens with two attached hydrogens (primary N) is 3. The van der Waals surface area contributed by atoms with Crippen LogP contribution >= 0.6 is 0 Å². The third-order valence-electron chi connectivity index (χ3n) is 5.66. The van der Waals surface area contributed by atoms with E-state index < -0.39 is 17.9 Å². The van der Waals surface area contributed by atoms with Gasteiger partial charge in [0, 0.05) is 17.7 Å². The summed E-state index contributed by atoms with van der Waals surface area (Å²) in [6, 6.07) is 20.9. The number of para-hydroxylation sites is 1. The van der Waals surface area contributed by atoms with Crippen molar-refractivity contribution in [2.24, 2.45) is 17.2 Å². The van der Waals surface area contributed by atoms with E-state index in [2.05, 4.69) is 5.32 Å². The molecule has 2 amide bonds. The van der Waals surface area contributed by atoms with Gasteiger partial charge in [-0.25, -0.2) is 4.98 Å². The average molecular weight is 486 g/mol. The fourth-order valence-electron chi connectivity index (χ4n) is 4.01. The van der Waals surface area contributed by atoms with Gasteiger partial charge >= 0.3 is 0 Å². The van der Waals surface area contributed by atoms with Gasteiger partial charge in [-0.3, -0.25) is 15.0 Å². The zero-order valence-corrected chi connectivity index (χ0v) is 19.5. The molecule has 0 radical (unpaired) electrons. The van der Waals surface area contributed by atoms with E-state index in [9.17, 15) is 9.59 Å². The Morgan fingerprint density at radius 1 is 0.972 bits per heavy atom. The Balaban J connectivity index is 1.79. The Labute approximate surface area is 207 Å². The fraction of sp³-hybridized carbons (Fsp3) is 0.154. The molecular weight excluding hydrogens is 458 g/mol. The molecule has 8 N–H and O–H groups in total. The molecule has 36 heavy (non-hydrogen) atoms. The van der Waals surface area contributed by atoms with Crippen molar-refractivity contribution in [2.75, 3.05) is 6.54 Å². The number of primary amides is 2. The first-order valence-electron chi connectivity index (χ1n) is 11.4. The molecule has 0 bridgehead atoms. The molecule has 3 aromatic carbocycles. The number of hydrogen-bond donors (Lipinski definition) is 5. The van der Waals surface area contributed by atoms with E-state index in [0.29, 0.717) is 58.9 Å². The second-order valence-electron chi connectivity index (χ2n) is 8.22. The molecule has 0 saturated carbocycles. The van der Waals surface area contributed by atoms with Crippen molar-refractivity contribution in [1.82, 2.24) is 14.9 Å². The van der Waals surface area contributed by atoms with Gasteiger partial charge in [0.15, 0.2) is 5.96 Å². The number of hydrogen-bond acceptors (Lipinski definition) is 5. The van der Waals surface area contributed by atoms with Crippen molar-refractivity contribution in [3.05, 3.63) is 78.4 Å². The molecule has 0 aliphatic carbocycles. The Bertz CT molecular complexity index is 1420. The molecule has 0 unspecified atom stereocenters. The highest BCUT2D eigenvalue weighted by Crippen LogP contribution is 2.33. The Kier molecular flexibility index (Phi) is 7.15. The van der Waals surface area contributed by atoms with Crippen LogP contribution in [0.15, 0.2) is 72.8 Å². The average Bonchev–Trinajstić information content (AvgIpc) is 3.23. The molecule has 0 saturated heterocycles. The molecular formula is C26H27N7O3. The summed E-state index contributed by atoms with van der Waals surface area (Å²) >= 11 is 0. The lowest BCUT2D eigenvalue weighted by atomic mass is 10.1. The van der Waals surface area contributed by atoms with Gasteiger partial charge < -0.3 is 31.8 Å². The highest BCUT2D eigenvalue weighted by Gasteiger charge is 2.25. The minimum Gasteiger partial charge on any atom is -0.457 e. The van der Waals surface area contributed by atoms with Gasteiger partial charge in [0.1, 0.15) is 23.4 Å². The Morgan fingerprint density at radius 3 is 2.42 bits per heavy atom. The molecule has 1 aromatic heterocycles. The van der Waals surface area contributed by atoms with Crippen LogP contribution in [0.25, 0.3) is 22.4 Å². The summed E-state index contributed by atoms with van der Waals surface area (Å²) in [5.74, 6) is 0.516. The summed E-state index contributed by atoms with van der Waals surface area (Å²) < 4.78 is 7.76. The predicted octanol–water partition coefficient (Wildman–Crippen LogP) is 2.88. The maximum atomic E-state index is 12.6. The zero-order chi connectivity index (χ0) is 25.7. The summed E-state index contributed by atoms with van der Waals surface area (Å²) in [7, 11) is 0. The number of ether oxygens (including phenoxy) is 1. The van der Waals surface area contributed by atoms with Crippen molar-refractivity contribution >= 4 is 28.8 Å². The van der Waals surface area contributed by atoms with Crippen molar-refractivity contribution in [1.29, 1.82) is 5.41 Å². The molecule has 4 aromatic rings. The summed E-state index contributed by atoms with van der Waals surface area (Å²) in [6.45, 7) is 0.410. The van der Waals surface area contributed by atoms with Crippen molar-refractivity contribution in [3.63, 3.8) is 0 Å². The first-order valence-corrected chi connectivity index (χ1v) is 11.4. The van der Waals surface area contributed by atoms with E-state index in [4.69, 9.17) is 32.3 Å². The van der Waals surface area contributed by atoms with E-state index >= 15 is 0 Å². The normalized spacial score (nSPS) is 11.7. The van der Waals surface area contributed by atoms with Gasteiger partial charge in [0.25, 0.3) is 0 Å². The van der Waals surface area contributed by atoms with Gasteiger partial charge in [-0.2, -0.15) is 0 Å². The summed E-state index contributed by atoms with van der Waals surface area (Å²) in [4.78, 5) is 29.1. The number of aromatic nitrogens is 2. The number of amides is 2. The number of nitrogens with one attached hydrogen (secondary N) is 2. The second kappa shape index (κ2) is 10.6. The molecule has 0 aliphatic rings. The van der Waals surface area contributed by atoms with Gasteiger partial charge in [-0.1, -0.05) is 30.3 Å². The van der Waals surface area contributed by atoms with Crippen LogP contribution in [-0.4, -0.2) is 33.9 Å². The number of guanidine groups is 1. The zero-order valence-electron chi connectivity index (χ0n) is 19.5. The largest absolute Gasteiger partial charge is 0.457 e. The van der Waals surface area contributed by atoms with E-state index in [1.54, 1.807) is 22.8 Å². The minimum atomic E-state index is -0.739. The lowest BCUT2D eigenvalue weighted by Crippen LogP contribution is -2.32. The van der Waals surface area contributed by atoms with Gasteiger partial charge in [-0.05, 0) is 55.3 Å². The molecule has 1 heterocycles. The second-order valence-corrected chi connectivity index (χ2v) is 8.22. The van der Waals surface area contributed by atoms with E-state index in [1.807, 2.05) is 54.6 Å². The van der Waals surface area contributed by atoms with Crippen LogP contribution < -0.4 is 27.3 Å². The van der Waals surface area contributed by atoms with Crippen LogP contribution in [0.5, 0.6) is 11.5 Å².